The Hall–Kier alpha value is -2.04. The highest BCUT2D eigenvalue weighted by atomic mass is 32.1. The molecule has 0 N–H and O–H groups in total. The fraction of sp³-hybridized carbons (Fsp3) is 0.304. The van der Waals surface area contributed by atoms with Gasteiger partial charge in [0.05, 0.1) is 0 Å². The molecule has 0 spiro atoms. The lowest BCUT2D eigenvalue weighted by molar-refractivity contribution is 0.922. The molecule has 1 aromatic heterocycles. The average molecular weight is 339 g/mol. The fourth-order valence-electron chi connectivity index (χ4n) is 1.76. The number of hydrogen-bond donors (Lipinski definition) is 0. The molecule has 128 valence electrons. The second kappa shape index (κ2) is 12.4. The van der Waals surface area contributed by atoms with E-state index < -0.39 is 0 Å². The maximum absolute atomic E-state index is 5.43. The van der Waals surface area contributed by atoms with Crippen LogP contribution >= 0.6 is 11.3 Å². The molecule has 24 heavy (non-hydrogen) atoms. The van der Waals surface area contributed by atoms with Gasteiger partial charge in [-0.2, -0.15) is 0 Å². The molecule has 0 aliphatic rings. The monoisotopic (exact) mass is 338 g/mol. The maximum Gasteiger partial charge on any atom is 0.0248 e. The van der Waals surface area contributed by atoms with Crippen LogP contribution in [-0.2, 0) is 0 Å². The van der Waals surface area contributed by atoms with Crippen LogP contribution in [0.3, 0.4) is 0 Å². The third-order valence-electron chi connectivity index (χ3n) is 3.15. The molecule has 0 nitrogen and oxygen atoms in total. The van der Waals surface area contributed by atoms with Crippen LogP contribution in [0.5, 0.6) is 0 Å². The second-order valence-electron chi connectivity index (χ2n) is 5.65. The van der Waals surface area contributed by atoms with E-state index in [2.05, 4.69) is 70.4 Å². The van der Waals surface area contributed by atoms with Gasteiger partial charge in [-0.15, -0.1) is 24.3 Å². The topological polar surface area (TPSA) is 0 Å². The second-order valence-corrected chi connectivity index (χ2v) is 6.59. The van der Waals surface area contributed by atoms with E-state index in [0.29, 0.717) is 5.92 Å². The first-order chi connectivity index (χ1) is 11.4. The van der Waals surface area contributed by atoms with Crippen LogP contribution in [0, 0.1) is 12.3 Å². The number of hydrogen-bond acceptors (Lipinski definition) is 1. The lowest BCUT2D eigenvalue weighted by atomic mass is 10.0. The quantitative estimate of drug-likeness (QED) is 0.397. The van der Waals surface area contributed by atoms with Gasteiger partial charge in [-0.1, -0.05) is 63.5 Å². The molecule has 0 bridgehead atoms. The third kappa shape index (κ3) is 7.49. The summed E-state index contributed by atoms with van der Waals surface area (Å²) in [7, 11) is 0. The van der Waals surface area contributed by atoms with Gasteiger partial charge < -0.3 is 0 Å². The standard InChI is InChI=1S/C17H16S.C3H8.C3H6/c1-5-14-7-6-8-15(9-14)16-10-17(18-11-16)13(4)12(2)3;2*1-3-2/h1,6-11,13H,2H2,3-4H3;3H2,1-2H3;3H,1H2,2H3/t13-;;/m0../s1. The van der Waals surface area contributed by atoms with Crippen molar-refractivity contribution in [2.75, 3.05) is 0 Å². The van der Waals surface area contributed by atoms with Crippen molar-refractivity contribution in [2.24, 2.45) is 0 Å². The molecule has 0 saturated carbocycles. The molecule has 0 aliphatic heterocycles. The first-order valence-electron chi connectivity index (χ1n) is 8.32. The maximum atomic E-state index is 5.43. The van der Waals surface area contributed by atoms with Crippen LogP contribution in [0.25, 0.3) is 11.1 Å². The predicted octanol–water partition coefficient (Wildman–Crippen LogP) is 7.68. The van der Waals surface area contributed by atoms with Crippen LogP contribution in [0.15, 0.2) is 60.5 Å². The summed E-state index contributed by atoms with van der Waals surface area (Å²) in [5.41, 5.74) is 4.54. The molecule has 0 radical (unpaired) electrons. The van der Waals surface area contributed by atoms with Gasteiger partial charge in [0.25, 0.3) is 0 Å². The molecular formula is C23H30S. The minimum Gasteiger partial charge on any atom is -0.148 e. The molecule has 0 amide bonds. The highest BCUT2D eigenvalue weighted by Crippen LogP contribution is 2.33. The molecular weight excluding hydrogens is 308 g/mol. The summed E-state index contributed by atoms with van der Waals surface area (Å²) in [6.07, 6.45) is 8.43. The number of benzene rings is 1. The predicted molar refractivity (Wildman–Crippen MR) is 113 cm³/mol. The zero-order valence-electron chi connectivity index (χ0n) is 15.7. The summed E-state index contributed by atoms with van der Waals surface area (Å²) in [6, 6.07) is 10.3. The van der Waals surface area contributed by atoms with E-state index in [9.17, 15) is 0 Å². The van der Waals surface area contributed by atoms with Crippen LogP contribution in [0.1, 0.15) is 57.4 Å². The Labute approximate surface area is 153 Å². The highest BCUT2D eigenvalue weighted by Gasteiger charge is 2.10. The summed E-state index contributed by atoms with van der Waals surface area (Å²) < 4.78 is 0. The van der Waals surface area contributed by atoms with Crippen molar-refractivity contribution in [1.82, 2.24) is 0 Å². The van der Waals surface area contributed by atoms with Gasteiger partial charge in [0, 0.05) is 16.4 Å². The SMILES string of the molecule is C#Cc1cccc(-c2csc([C@@H](C)C(=C)C)c2)c1.C=CC.CCC. The summed E-state index contributed by atoms with van der Waals surface area (Å²) in [5, 5.41) is 2.18. The van der Waals surface area contributed by atoms with Crippen molar-refractivity contribution >= 4 is 11.3 Å². The van der Waals surface area contributed by atoms with E-state index in [4.69, 9.17) is 6.42 Å². The number of rotatable bonds is 3. The fourth-order valence-corrected chi connectivity index (χ4v) is 2.83. The number of terminal acetylenes is 1. The molecule has 1 aromatic carbocycles. The van der Waals surface area contributed by atoms with Crippen molar-refractivity contribution in [1.29, 1.82) is 0 Å². The van der Waals surface area contributed by atoms with Crippen LogP contribution < -0.4 is 0 Å². The Balaban J connectivity index is 0.000000772. The van der Waals surface area contributed by atoms with Crippen molar-refractivity contribution in [3.8, 4) is 23.5 Å². The van der Waals surface area contributed by atoms with E-state index >= 15 is 0 Å². The van der Waals surface area contributed by atoms with E-state index in [-0.39, 0.29) is 0 Å². The number of thiophene rings is 1. The summed E-state index contributed by atoms with van der Waals surface area (Å²) in [6.45, 7) is 17.8. The zero-order chi connectivity index (χ0) is 18.5. The Kier molecular flexibility index (Phi) is 11.3. The summed E-state index contributed by atoms with van der Waals surface area (Å²) in [4.78, 5) is 1.35. The molecule has 0 saturated heterocycles. The van der Waals surface area contributed by atoms with Gasteiger partial charge in [0.1, 0.15) is 0 Å². The number of allylic oxidation sites excluding steroid dienone is 2. The molecule has 0 unspecified atom stereocenters. The van der Waals surface area contributed by atoms with E-state index in [0.717, 1.165) is 5.56 Å². The van der Waals surface area contributed by atoms with Crippen molar-refractivity contribution < 1.29 is 0 Å². The largest absolute Gasteiger partial charge is 0.148 e. The van der Waals surface area contributed by atoms with E-state index in [1.165, 1.54) is 28.0 Å². The average Bonchev–Trinajstić information content (AvgIpc) is 3.05. The van der Waals surface area contributed by atoms with Gasteiger partial charge in [0.2, 0.25) is 0 Å². The summed E-state index contributed by atoms with van der Waals surface area (Å²) >= 11 is 1.78. The molecule has 1 atom stereocenters. The van der Waals surface area contributed by atoms with Crippen LogP contribution in [0.2, 0.25) is 0 Å². The Morgan fingerprint density at radius 1 is 1.29 bits per heavy atom. The van der Waals surface area contributed by atoms with E-state index in [1.807, 2.05) is 19.1 Å². The van der Waals surface area contributed by atoms with Crippen molar-refractivity contribution in [3.63, 3.8) is 0 Å². The Morgan fingerprint density at radius 2 is 1.88 bits per heavy atom. The van der Waals surface area contributed by atoms with Crippen LogP contribution in [-0.4, -0.2) is 0 Å². The zero-order valence-corrected chi connectivity index (χ0v) is 16.5. The lowest BCUT2D eigenvalue weighted by Gasteiger charge is -2.07. The highest BCUT2D eigenvalue weighted by molar-refractivity contribution is 7.10. The molecule has 2 rings (SSSR count). The van der Waals surface area contributed by atoms with Gasteiger partial charge in [-0.05, 0) is 48.6 Å². The minimum absolute atomic E-state index is 0.416. The molecule has 0 fully saturated rings. The van der Waals surface area contributed by atoms with Crippen LogP contribution in [0.4, 0.5) is 0 Å². The van der Waals surface area contributed by atoms with E-state index in [1.54, 1.807) is 17.4 Å². The molecule has 1 heterocycles. The first kappa shape index (κ1) is 22.0. The third-order valence-corrected chi connectivity index (χ3v) is 4.26. The van der Waals surface area contributed by atoms with Gasteiger partial charge in [0.15, 0.2) is 0 Å². The summed E-state index contributed by atoms with van der Waals surface area (Å²) in [5.74, 6) is 3.09. The van der Waals surface area contributed by atoms with Gasteiger partial charge in [-0.3, -0.25) is 0 Å². The van der Waals surface area contributed by atoms with Crippen molar-refractivity contribution in [2.45, 2.75) is 47.0 Å². The van der Waals surface area contributed by atoms with Gasteiger partial charge in [-0.25, -0.2) is 0 Å². The first-order valence-corrected chi connectivity index (χ1v) is 9.20. The minimum atomic E-state index is 0.416. The van der Waals surface area contributed by atoms with Gasteiger partial charge >= 0.3 is 0 Å². The molecule has 2 aromatic rings. The Bertz CT molecular complexity index is 667. The molecule has 1 heteroatoms. The lowest BCUT2D eigenvalue weighted by Crippen LogP contribution is -1.89. The van der Waals surface area contributed by atoms with Crippen molar-refractivity contribution in [3.05, 3.63) is 71.0 Å². The normalized spacial score (nSPS) is 10.2. The Morgan fingerprint density at radius 3 is 2.38 bits per heavy atom. The molecule has 0 aliphatic carbocycles. The smallest absolute Gasteiger partial charge is 0.0248 e.